The highest BCUT2D eigenvalue weighted by atomic mass is 79.9. The van der Waals surface area contributed by atoms with Gasteiger partial charge in [0, 0.05) is 6.07 Å². The van der Waals surface area contributed by atoms with E-state index in [1.807, 2.05) is 6.92 Å². The smallest absolute Gasteiger partial charge is 0.330 e. The van der Waals surface area contributed by atoms with Gasteiger partial charge in [0.05, 0.1) is 11.1 Å². The van der Waals surface area contributed by atoms with Gasteiger partial charge in [0.2, 0.25) is 5.95 Å². The van der Waals surface area contributed by atoms with Crippen molar-refractivity contribution < 1.29 is 13.9 Å². The minimum atomic E-state index is -0.457. The first-order chi connectivity index (χ1) is 10.1. The lowest BCUT2D eigenvalue weighted by molar-refractivity contribution is 0.285. The van der Waals surface area contributed by atoms with E-state index < -0.39 is 5.82 Å². The molecule has 0 saturated heterocycles. The number of anilines is 1. The highest BCUT2D eigenvalue weighted by Crippen LogP contribution is 2.25. The van der Waals surface area contributed by atoms with Gasteiger partial charge in [-0.15, -0.1) is 4.98 Å². The molecular weight excluding hydrogens is 345 g/mol. The highest BCUT2D eigenvalue weighted by molar-refractivity contribution is 9.10. The molecule has 2 aromatic rings. The van der Waals surface area contributed by atoms with Crippen molar-refractivity contribution in [3.05, 3.63) is 28.5 Å². The molecule has 0 aliphatic heterocycles. The molecule has 7 nitrogen and oxygen atoms in total. The quantitative estimate of drug-likeness (QED) is 0.605. The van der Waals surface area contributed by atoms with E-state index in [0.29, 0.717) is 11.1 Å². The summed E-state index contributed by atoms with van der Waals surface area (Å²) in [5, 5.41) is 0. The average molecular weight is 358 g/mol. The molecule has 0 aliphatic rings. The molecule has 0 fully saturated rings. The summed E-state index contributed by atoms with van der Waals surface area (Å²) in [7, 11) is 0. The number of aromatic nitrogens is 3. The number of nitrogens with one attached hydrogen (secondary N) is 1. The summed E-state index contributed by atoms with van der Waals surface area (Å²) < 4.78 is 24.4. The Labute approximate surface area is 128 Å². The maximum absolute atomic E-state index is 13.4. The second kappa shape index (κ2) is 7.14. The van der Waals surface area contributed by atoms with E-state index in [1.54, 1.807) is 6.07 Å². The van der Waals surface area contributed by atoms with Crippen LogP contribution in [-0.2, 0) is 0 Å². The van der Waals surface area contributed by atoms with Crippen molar-refractivity contribution in [1.82, 2.24) is 15.0 Å². The number of ether oxygens (including phenoxy) is 2. The molecule has 0 unspecified atom stereocenters. The van der Waals surface area contributed by atoms with Crippen LogP contribution >= 0.6 is 15.9 Å². The van der Waals surface area contributed by atoms with Crippen LogP contribution in [-0.4, -0.2) is 21.6 Å². The van der Waals surface area contributed by atoms with Gasteiger partial charge in [-0.05, 0) is 34.5 Å². The first-order valence-electron chi connectivity index (χ1n) is 6.10. The third-order valence-electron chi connectivity index (χ3n) is 2.26. The van der Waals surface area contributed by atoms with Crippen molar-refractivity contribution in [2.45, 2.75) is 13.3 Å². The summed E-state index contributed by atoms with van der Waals surface area (Å²) in [6.07, 6.45) is 0.797. The minimum absolute atomic E-state index is 0.0502. The Hall–Kier alpha value is -2.00. The van der Waals surface area contributed by atoms with E-state index in [2.05, 4.69) is 36.3 Å². The van der Waals surface area contributed by atoms with Gasteiger partial charge in [0.15, 0.2) is 0 Å². The maximum Gasteiger partial charge on any atom is 0.330 e. The van der Waals surface area contributed by atoms with Crippen LogP contribution in [0.2, 0.25) is 0 Å². The van der Waals surface area contributed by atoms with Crippen molar-refractivity contribution in [2.75, 3.05) is 12.0 Å². The Morgan fingerprint density at radius 2 is 2.05 bits per heavy atom. The monoisotopic (exact) mass is 357 g/mol. The largest absolute Gasteiger partial charge is 0.463 e. The zero-order chi connectivity index (χ0) is 15.2. The van der Waals surface area contributed by atoms with Crippen molar-refractivity contribution in [2.24, 2.45) is 5.84 Å². The summed E-state index contributed by atoms with van der Waals surface area (Å²) in [6, 6.07) is 4.32. The second-order valence-electron chi connectivity index (χ2n) is 3.89. The third kappa shape index (κ3) is 4.23. The fraction of sp³-hybridized carbons (Fsp3) is 0.250. The number of benzene rings is 1. The number of rotatable bonds is 6. The van der Waals surface area contributed by atoms with Gasteiger partial charge < -0.3 is 9.47 Å². The Balaban J connectivity index is 2.23. The molecule has 3 N–H and O–H groups in total. The summed E-state index contributed by atoms with van der Waals surface area (Å²) in [5.74, 6) is 5.15. The van der Waals surface area contributed by atoms with E-state index in [1.165, 1.54) is 12.1 Å². The molecule has 9 heteroatoms. The zero-order valence-electron chi connectivity index (χ0n) is 11.1. The second-order valence-corrected chi connectivity index (χ2v) is 4.75. The van der Waals surface area contributed by atoms with Crippen LogP contribution in [0.4, 0.5) is 10.3 Å². The lowest BCUT2D eigenvalue weighted by Crippen LogP contribution is -2.13. The number of halogens is 2. The van der Waals surface area contributed by atoms with Crippen LogP contribution in [0, 0.1) is 5.82 Å². The van der Waals surface area contributed by atoms with Gasteiger partial charge in [-0.3, -0.25) is 5.43 Å². The molecule has 0 atom stereocenters. The standard InChI is InChI=1S/C12H13BrFN5O2/c1-2-5-20-11-16-10(19-15)17-12(18-11)21-7-3-4-8(13)9(14)6-7/h3-4,6H,2,5,15H2,1H3,(H,16,17,18,19). The van der Waals surface area contributed by atoms with Crippen LogP contribution in [0.1, 0.15) is 13.3 Å². The normalized spacial score (nSPS) is 10.3. The molecule has 1 aromatic carbocycles. The zero-order valence-corrected chi connectivity index (χ0v) is 12.7. The summed E-state index contributed by atoms with van der Waals surface area (Å²) in [5.41, 5.74) is 2.29. The number of nitrogens with two attached hydrogens (primary N) is 1. The lowest BCUT2D eigenvalue weighted by Gasteiger charge is -2.08. The lowest BCUT2D eigenvalue weighted by atomic mass is 10.3. The molecule has 1 aromatic heterocycles. The molecule has 0 spiro atoms. The maximum atomic E-state index is 13.4. The van der Waals surface area contributed by atoms with E-state index in [0.717, 1.165) is 6.42 Å². The number of hydrazine groups is 1. The van der Waals surface area contributed by atoms with Crippen molar-refractivity contribution in [1.29, 1.82) is 0 Å². The van der Waals surface area contributed by atoms with Gasteiger partial charge >= 0.3 is 12.0 Å². The number of nitrogens with zero attached hydrogens (tertiary/aromatic N) is 3. The van der Waals surface area contributed by atoms with Crippen LogP contribution in [0.5, 0.6) is 17.8 Å². The van der Waals surface area contributed by atoms with E-state index in [9.17, 15) is 4.39 Å². The fourth-order valence-electron chi connectivity index (χ4n) is 1.35. The van der Waals surface area contributed by atoms with Gasteiger partial charge in [0.25, 0.3) is 0 Å². The fourth-order valence-corrected chi connectivity index (χ4v) is 1.60. The number of hydrogen-bond donors (Lipinski definition) is 2. The van der Waals surface area contributed by atoms with Crippen molar-refractivity contribution >= 4 is 21.9 Å². The topological polar surface area (TPSA) is 95.2 Å². The SMILES string of the molecule is CCCOc1nc(NN)nc(Oc2ccc(Br)c(F)c2)n1. The Bertz CT molecular complexity index is 629. The summed E-state index contributed by atoms with van der Waals surface area (Å²) in [4.78, 5) is 11.8. The van der Waals surface area contributed by atoms with Crippen LogP contribution in [0.15, 0.2) is 22.7 Å². The Kier molecular flexibility index (Phi) is 5.23. The summed E-state index contributed by atoms with van der Waals surface area (Å²) >= 11 is 3.06. The molecule has 21 heavy (non-hydrogen) atoms. The van der Waals surface area contributed by atoms with Crippen LogP contribution in [0.25, 0.3) is 0 Å². The molecule has 1 heterocycles. The van der Waals surface area contributed by atoms with Gasteiger partial charge in [0.1, 0.15) is 11.6 Å². The number of hydrogen-bond acceptors (Lipinski definition) is 7. The predicted octanol–water partition coefficient (Wildman–Crippen LogP) is 2.64. The molecule has 0 aliphatic carbocycles. The van der Waals surface area contributed by atoms with Crippen LogP contribution < -0.4 is 20.7 Å². The van der Waals surface area contributed by atoms with E-state index in [-0.39, 0.29) is 23.7 Å². The summed E-state index contributed by atoms with van der Waals surface area (Å²) in [6.45, 7) is 2.39. The first kappa shape index (κ1) is 15.4. The third-order valence-corrected chi connectivity index (χ3v) is 2.90. The van der Waals surface area contributed by atoms with Crippen LogP contribution in [0.3, 0.4) is 0 Å². The van der Waals surface area contributed by atoms with Gasteiger partial charge in [-0.2, -0.15) is 9.97 Å². The van der Waals surface area contributed by atoms with E-state index in [4.69, 9.17) is 15.3 Å². The molecular formula is C12H13BrFN5O2. The molecule has 0 bridgehead atoms. The molecule has 112 valence electrons. The van der Waals surface area contributed by atoms with Gasteiger partial charge in [-0.25, -0.2) is 10.2 Å². The van der Waals surface area contributed by atoms with E-state index >= 15 is 0 Å². The first-order valence-corrected chi connectivity index (χ1v) is 6.90. The Morgan fingerprint density at radius 3 is 2.71 bits per heavy atom. The Morgan fingerprint density at radius 1 is 1.29 bits per heavy atom. The molecule has 0 radical (unpaired) electrons. The van der Waals surface area contributed by atoms with Crippen molar-refractivity contribution in [3.63, 3.8) is 0 Å². The van der Waals surface area contributed by atoms with Gasteiger partial charge in [-0.1, -0.05) is 6.92 Å². The number of nitrogen functional groups attached to an aromatic ring is 1. The predicted molar refractivity (Wildman–Crippen MR) is 77.6 cm³/mol. The molecule has 0 saturated carbocycles. The minimum Gasteiger partial charge on any atom is -0.463 e. The average Bonchev–Trinajstić information content (AvgIpc) is 2.48. The van der Waals surface area contributed by atoms with Crippen molar-refractivity contribution in [3.8, 4) is 17.8 Å². The highest BCUT2D eigenvalue weighted by Gasteiger charge is 2.10. The molecule has 2 rings (SSSR count). The molecule has 0 amide bonds.